The van der Waals surface area contributed by atoms with Crippen LogP contribution in [0.2, 0.25) is 5.02 Å². The van der Waals surface area contributed by atoms with Crippen molar-refractivity contribution in [2.24, 2.45) is 5.92 Å². The number of hydrogen-bond acceptors (Lipinski definition) is 3. The average molecular weight is 343 g/mol. The third-order valence-corrected chi connectivity index (χ3v) is 5.25. The first-order chi connectivity index (χ1) is 11.6. The van der Waals surface area contributed by atoms with Crippen molar-refractivity contribution in [3.05, 3.63) is 51.2 Å². The molecule has 1 aromatic carbocycles. The molecule has 1 N–H and O–H groups in total. The maximum atomic E-state index is 12.4. The molecule has 0 amide bonds. The van der Waals surface area contributed by atoms with Crippen molar-refractivity contribution in [2.45, 2.75) is 39.0 Å². The molecule has 0 saturated heterocycles. The van der Waals surface area contributed by atoms with Crippen molar-refractivity contribution in [1.82, 2.24) is 19.7 Å². The summed E-state index contributed by atoms with van der Waals surface area (Å²) in [5.41, 5.74) is 2.31. The quantitative estimate of drug-likeness (QED) is 0.787. The van der Waals surface area contributed by atoms with Crippen LogP contribution in [0.4, 0.5) is 0 Å². The highest BCUT2D eigenvalue weighted by molar-refractivity contribution is 6.31. The van der Waals surface area contributed by atoms with Gasteiger partial charge in [0.05, 0.1) is 11.9 Å². The van der Waals surface area contributed by atoms with Gasteiger partial charge in [-0.1, -0.05) is 37.3 Å². The smallest absolute Gasteiger partial charge is 0.262 e. The maximum Gasteiger partial charge on any atom is 0.262 e. The fraction of sp³-hybridized carbons (Fsp3) is 0.389. The second kappa shape index (κ2) is 6.06. The van der Waals surface area contributed by atoms with E-state index in [1.54, 1.807) is 10.9 Å². The highest BCUT2D eigenvalue weighted by atomic mass is 35.5. The monoisotopic (exact) mass is 342 g/mol. The number of nitrogens with zero attached hydrogens (tertiary/aromatic N) is 3. The Morgan fingerprint density at radius 3 is 2.88 bits per heavy atom. The zero-order chi connectivity index (χ0) is 16.7. The van der Waals surface area contributed by atoms with Crippen molar-refractivity contribution in [3.63, 3.8) is 0 Å². The molecule has 1 fully saturated rings. The number of aryl methyl sites for hydroxylation is 1. The van der Waals surface area contributed by atoms with Gasteiger partial charge in [-0.05, 0) is 36.6 Å². The molecular weight excluding hydrogens is 324 g/mol. The molecule has 0 spiro atoms. The number of aromatic nitrogens is 4. The molecule has 124 valence electrons. The lowest BCUT2D eigenvalue weighted by atomic mass is 10.0. The average Bonchev–Trinajstić information content (AvgIpc) is 3.20. The van der Waals surface area contributed by atoms with Crippen molar-refractivity contribution < 1.29 is 0 Å². The Kier molecular flexibility index (Phi) is 3.88. The first-order valence-corrected chi connectivity index (χ1v) is 8.73. The molecule has 1 aliphatic carbocycles. The molecule has 1 aliphatic rings. The van der Waals surface area contributed by atoms with Gasteiger partial charge in [0.1, 0.15) is 11.2 Å². The summed E-state index contributed by atoms with van der Waals surface area (Å²) in [4.78, 5) is 20.0. The van der Waals surface area contributed by atoms with Crippen LogP contribution in [-0.4, -0.2) is 19.7 Å². The molecule has 2 aromatic heterocycles. The molecular formula is C18H19ClN4O. The predicted octanol–water partition coefficient (Wildman–Crippen LogP) is 3.80. The van der Waals surface area contributed by atoms with Gasteiger partial charge < -0.3 is 4.98 Å². The summed E-state index contributed by atoms with van der Waals surface area (Å²) < 4.78 is 1.71. The first-order valence-electron chi connectivity index (χ1n) is 8.35. The van der Waals surface area contributed by atoms with E-state index in [4.69, 9.17) is 16.6 Å². The summed E-state index contributed by atoms with van der Waals surface area (Å²) >= 11 is 6.11. The third kappa shape index (κ3) is 2.73. The normalized spacial score (nSPS) is 15.4. The van der Waals surface area contributed by atoms with E-state index in [0.717, 1.165) is 23.5 Å². The molecule has 0 bridgehead atoms. The summed E-state index contributed by atoms with van der Waals surface area (Å²) in [5.74, 6) is 1.38. The van der Waals surface area contributed by atoms with Gasteiger partial charge >= 0.3 is 0 Å². The minimum atomic E-state index is -0.120. The number of fused-ring (bicyclic) bond motifs is 1. The second-order valence-electron chi connectivity index (χ2n) is 6.59. The third-order valence-electron chi connectivity index (χ3n) is 4.83. The Hall–Kier alpha value is -2.14. The topological polar surface area (TPSA) is 63.6 Å². The van der Waals surface area contributed by atoms with Crippen LogP contribution in [0.1, 0.15) is 37.1 Å². The van der Waals surface area contributed by atoms with Gasteiger partial charge in [-0.25, -0.2) is 9.67 Å². The van der Waals surface area contributed by atoms with E-state index in [0.29, 0.717) is 22.0 Å². The number of rotatable bonds is 3. The summed E-state index contributed by atoms with van der Waals surface area (Å²) in [7, 11) is 0. The van der Waals surface area contributed by atoms with Crippen LogP contribution in [0.3, 0.4) is 0 Å². The first kappa shape index (κ1) is 15.4. The molecule has 0 atom stereocenters. The minimum absolute atomic E-state index is 0.120. The summed E-state index contributed by atoms with van der Waals surface area (Å²) in [6.07, 6.45) is 7.40. The van der Waals surface area contributed by atoms with Crippen molar-refractivity contribution in [3.8, 4) is 5.69 Å². The Labute approximate surface area is 144 Å². The van der Waals surface area contributed by atoms with Crippen LogP contribution in [0.15, 0.2) is 29.2 Å². The fourth-order valence-corrected chi connectivity index (χ4v) is 3.62. The van der Waals surface area contributed by atoms with Gasteiger partial charge in [0.15, 0.2) is 5.65 Å². The van der Waals surface area contributed by atoms with Gasteiger partial charge in [0, 0.05) is 11.4 Å². The van der Waals surface area contributed by atoms with Crippen LogP contribution in [0.25, 0.3) is 16.7 Å². The molecule has 1 saturated carbocycles. The second-order valence-corrected chi connectivity index (χ2v) is 7.00. The van der Waals surface area contributed by atoms with E-state index in [-0.39, 0.29) is 5.56 Å². The molecule has 3 aromatic rings. The number of H-pyrrole nitrogens is 1. The van der Waals surface area contributed by atoms with E-state index in [9.17, 15) is 4.79 Å². The van der Waals surface area contributed by atoms with E-state index >= 15 is 0 Å². The van der Waals surface area contributed by atoms with Crippen LogP contribution in [-0.2, 0) is 6.42 Å². The number of benzene rings is 1. The predicted molar refractivity (Wildman–Crippen MR) is 94.9 cm³/mol. The molecule has 6 heteroatoms. The van der Waals surface area contributed by atoms with Crippen LogP contribution in [0, 0.1) is 12.8 Å². The Morgan fingerprint density at radius 1 is 1.33 bits per heavy atom. The van der Waals surface area contributed by atoms with Crippen molar-refractivity contribution in [1.29, 1.82) is 0 Å². The number of hydrogen-bond donors (Lipinski definition) is 1. The highest BCUT2D eigenvalue weighted by Gasteiger charge is 2.18. The minimum Gasteiger partial charge on any atom is -0.310 e. The lowest BCUT2D eigenvalue weighted by Gasteiger charge is -2.09. The van der Waals surface area contributed by atoms with Crippen LogP contribution < -0.4 is 5.56 Å². The Bertz CT molecular complexity index is 953. The molecule has 0 radical (unpaired) electrons. The SMILES string of the molecule is Cc1cc(-n2ncc3c(=O)[nH]c(CC4CCCC4)nc32)ccc1Cl. The lowest BCUT2D eigenvalue weighted by Crippen LogP contribution is -2.14. The number of halogens is 1. The number of aromatic amines is 1. The highest BCUT2D eigenvalue weighted by Crippen LogP contribution is 2.27. The van der Waals surface area contributed by atoms with E-state index in [1.165, 1.54) is 25.7 Å². The van der Waals surface area contributed by atoms with Crippen LogP contribution in [0.5, 0.6) is 0 Å². The fourth-order valence-electron chi connectivity index (χ4n) is 3.50. The molecule has 5 nitrogen and oxygen atoms in total. The van der Waals surface area contributed by atoms with Gasteiger partial charge in [0.2, 0.25) is 0 Å². The Balaban J connectivity index is 1.80. The zero-order valence-electron chi connectivity index (χ0n) is 13.6. The van der Waals surface area contributed by atoms with E-state index < -0.39 is 0 Å². The lowest BCUT2D eigenvalue weighted by molar-refractivity contribution is 0.530. The summed E-state index contributed by atoms with van der Waals surface area (Å²) in [5, 5.41) is 5.58. The summed E-state index contributed by atoms with van der Waals surface area (Å²) in [6.45, 7) is 1.95. The number of nitrogens with one attached hydrogen (secondary N) is 1. The van der Waals surface area contributed by atoms with Gasteiger partial charge in [-0.3, -0.25) is 4.79 Å². The van der Waals surface area contributed by atoms with Gasteiger partial charge in [-0.15, -0.1) is 0 Å². The molecule has 4 rings (SSSR count). The molecule has 24 heavy (non-hydrogen) atoms. The molecule has 0 aliphatic heterocycles. The van der Waals surface area contributed by atoms with E-state index in [1.807, 2.05) is 25.1 Å². The van der Waals surface area contributed by atoms with Gasteiger partial charge in [0.25, 0.3) is 5.56 Å². The Morgan fingerprint density at radius 2 is 2.12 bits per heavy atom. The molecule has 2 heterocycles. The maximum absolute atomic E-state index is 12.4. The van der Waals surface area contributed by atoms with Gasteiger partial charge in [-0.2, -0.15) is 5.10 Å². The zero-order valence-corrected chi connectivity index (χ0v) is 14.3. The van der Waals surface area contributed by atoms with Crippen LogP contribution >= 0.6 is 11.6 Å². The van der Waals surface area contributed by atoms with E-state index in [2.05, 4.69) is 10.1 Å². The summed E-state index contributed by atoms with van der Waals surface area (Å²) in [6, 6.07) is 5.68. The standard InChI is InChI=1S/C18H19ClN4O/c1-11-8-13(6-7-15(11)19)23-17-14(10-20-23)18(24)22-16(21-17)9-12-4-2-3-5-12/h6-8,10,12H,2-5,9H2,1H3,(H,21,22,24). The van der Waals surface area contributed by atoms with Crippen molar-refractivity contribution >= 4 is 22.6 Å². The molecule has 0 unspecified atom stereocenters. The largest absolute Gasteiger partial charge is 0.310 e. The van der Waals surface area contributed by atoms with Crippen molar-refractivity contribution in [2.75, 3.05) is 0 Å².